The molecular weight excluding hydrogens is 360 g/mol. The second kappa shape index (κ2) is 11.8. The summed E-state index contributed by atoms with van der Waals surface area (Å²) >= 11 is 0. The molecular formula is C21H34N2O5. The van der Waals surface area contributed by atoms with Gasteiger partial charge in [0.05, 0.1) is 12.1 Å². The minimum absolute atomic E-state index is 0.00729. The fourth-order valence-electron chi connectivity index (χ4n) is 2.86. The van der Waals surface area contributed by atoms with Gasteiger partial charge in [-0.2, -0.15) is 0 Å². The van der Waals surface area contributed by atoms with Crippen molar-refractivity contribution < 1.29 is 24.2 Å². The van der Waals surface area contributed by atoms with Crippen LogP contribution in [0.15, 0.2) is 30.3 Å². The Bertz CT molecular complexity index is 608. The van der Waals surface area contributed by atoms with Crippen LogP contribution in [-0.4, -0.2) is 42.0 Å². The molecule has 0 heterocycles. The van der Waals surface area contributed by atoms with Crippen LogP contribution in [0.3, 0.4) is 0 Å². The van der Waals surface area contributed by atoms with Gasteiger partial charge in [0, 0.05) is 7.11 Å². The number of ether oxygens (including phenoxy) is 2. The van der Waals surface area contributed by atoms with E-state index in [9.17, 15) is 14.7 Å². The highest BCUT2D eigenvalue weighted by molar-refractivity contribution is 5.84. The van der Waals surface area contributed by atoms with Crippen molar-refractivity contribution >= 4 is 11.9 Å². The van der Waals surface area contributed by atoms with E-state index in [1.165, 1.54) is 7.11 Å². The van der Waals surface area contributed by atoms with Crippen molar-refractivity contribution in [1.29, 1.82) is 0 Å². The van der Waals surface area contributed by atoms with Crippen LogP contribution in [0.4, 0.5) is 0 Å². The first-order valence-corrected chi connectivity index (χ1v) is 9.79. The van der Waals surface area contributed by atoms with E-state index in [4.69, 9.17) is 15.2 Å². The fraction of sp³-hybridized carbons (Fsp3) is 0.619. The summed E-state index contributed by atoms with van der Waals surface area (Å²) in [5.74, 6) is -3.43. The Labute approximate surface area is 167 Å². The van der Waals surface area contributed by atoms with E-state index in [1.54, 1.807) is 12.1 Å². The minimum atomic E-state index is -2.29. The standard InChI is InChI=1S/C21H34N2O5/c1-5-6-12-18(23-19(24)17(22)13-15(2)3)21(26,27-4)20(25)28-14-16-10-8-7-9-11-16/h7-11,15,17-18,26H,5-6,12-14,22H2,1-4H3,(H,23,24)/t17-,18-,21?/m0/s1. The van der Waals surface area contributed by atoms with Crippen LogP contribution in [0.1, 0.15) is 52.0 Å². The molecule has 0 radical (unpaired) electrons. The predicted molar refractivity (Wildman–Crippen MR) is 107 cm³/mol. The van der Waals surface area contributed by atoms with Gasteiger partial charge >= 0.3 is 5.97 Å². The third kappa shape index (κ3) is 7.22. The van der Waals surface area contributed by atoms with Gasteiger partial charge < -0.3 is 25.6 Å². The fourth-order valence-corrected chi connectivity index (χ4v) is 2.86. The number of unbranched alkanes of at least 4 members (excludes halogenated alkanes) is 1. The molecule has 7 nitrogen and oxygen atoms in total. The molecule has 0 spiro atoms. The molecule has 0 fully saturated rings. The Morgan fingerprint density at radius 1 is 1.25 bits per heavy atom. The predicted octanol–water partition coefficient (Wildman–Crippen LogP) is 2.11. The summed E-state index contributed by atoms with van der Waals surface area (Å²) in [6, 6.07) is 7.42. The number of hydrogen-bond acceptors (Lipinski definition) is 6. The molecule has 1 unspecified atom stereocenters. The highest BCUT2D eigenvalue weighted by Gasteiger charge is 2.47. The van der Waals surface area contributed by atoms with Crippen molar-refractivity contribution in [2.75, 3.05) is 7.11 Å². The number of benzene rings is 1. The van der Waals surface area contributed by atoms with Gasteiger partial charge in [0.25, 0.3) is 5.79 Å². The molecule has 1 aromatic rings. The molecule has 158 valence electrons. The first kappa shape index (κ1) is 24.1. The van der Waals surface area contributed by atoms with E-state index in [0.717, 1.165) is 12.0 Å². The van der Waals surface area contributed by atoms with Gasteiger partial charge in [-0.25, -0.2) is 4.79 Å². The van der Waals surface area contributed by atoms with Gasteiger partial charge in [0.1, 0.15) is 6.61 Å². The van der Waals surface area contributed by atoms with Crippen molar-refractivity contribution in [3.8, 4) is 0 Å². The normalized spacial score (nSPS) is 15.5. The van der Waals surface area contributed by atoms with E-state index in [2.05, 4.69) is 5.32 Å². The first-order valence-electron chi connectivity index (χ1n) is 9.79. The quantitative estimate of drug-likeness (QED) is 0.370. The zero-order valence-corrected chi connectivity index (χ0v) is 17.3. The molecule has 7 heteroatoms. The third-order valence-electron chi connectivity index (χ3n) is 4.51. The summed E-state index contributed by atoms with van der Waals surface area (Å²) in [7, 11) is 1.21. The van der Waals surface area contributed by atoms with Gasteiger partial charge in [-0.3, -0.25) is 4.79 Å². The topological polar surface area (TPSA) is 111 Å². The van der Waals surface area contributed by atoms with Gasteiger partial charge in [-0.05, 0) is 24.3 Å². The number of methoxy groups -OCH3 is 1. The van der Waals surface area contributed by atoms with E-state index >= 15 is 0 Å². The molecule has 0 aliphatic heterocycles. The van der Waals surface area contributed by atoms with Crippen LogP contribution >= 0.6 is 0 Å². The summed E-state index contributed by atoms with van der Waals surface area (Å²) in [6.07, 6.45) is 2.35. The van der Waals surface area contributed by atoms with Crippen molar-refractivity contribution in [3.63, 3.8) is 0 Å². The van der Waals surface area contributed by atoms with Gasteiger partial charge in [-0.15, -0.1) is 0 Å². The molecule has 1 aromatic carbocycles. The minimum Gasteiger partial charge on any atom is -0.457 e. The lowest BCUT2D eigenvalue weighted by Crippen LogP contribution is -2.61. The van der Waals surface area contributed by atoms with E-state index in [0.29, 0.717) is 19.3 Å². The summed E-state index contributed by atoms with van der Waals surface area (Å²) < 4.78 is 10.4. The van der Waals surface area contributed by atoms with Crippen LogP contribution < -0.4 is 11.1 Å². The van der Waals surface area contributed by atoms with Crippen molar-refractivity contribution in [2.45, 2.75) is 70.9 Å². The van der Waals surface area contributed by atoms with E-state index in [1.807, 2.05) is 39.0 Å². The summed E-state index contributed by atoms with van der Waals surface area (Å²) in [5, 5.41) is 13.6. The molecule has 0 bridgehead atoms. The molecule has 0 saturated heterocycles. The summed E-state index contributed by atoms with van der Waals surface area (Å²) in [6.45, 7) is 5.90. The lowest BCUT2D eigenvalue weighted by molar-refractivity contribution is -0.231. The number of carbonyl (C=O) groups is 2. The van der Waals surface area contributed by atoms with Crippen LogP contribution in [0.2, 0.25) is 0 Å². The maximum absolute atomic E-state index is 12.6. The Kier molecular flexibility index (Phi) is 10.1. The molecule has 0 saturated carbocycles. The molecule has 0 aliphatic carbocycles. The van der Waals surface area contributed by atoms with Crippen LogP contribution in [0.25, 0.3) is 0 Å². The second-order valence-corrected chi connectivity index (χ2v) is 7.40. The number of aliphatic hydroxyl groups is 1. The number of rotatable bonds is 12. The van der Waals surface area contributed by atoms with Crippen LogP contribution in [0, 0.1) is 5.92 Å². The number of esters is 1. The highest BCUT2D eigenvalue weighted by Crippen LogP contribution is 2.21. The lowest BCUT2D eigenvalue weighted by atomic mass is 9.98. The molecule has 1 rings (SSSR count). The van der Waals surface area contributed by atoms with Gasteiger partial charge in [-0.1, -0.05) is 63.9 Å². The van der Waals surface area contributed by atoms with Crippen LogP contribution in [0.5, 0.6) is 0 Å². The number of amides is 1. The second-order valence-electron chi connectivity index (χ2n) is 7.40. The van der Waals surface area contributed by atoms with E-state index < -0.39 is 29.7 Å². The van der Waals surface area contributed by atoms with Crippen molar-refractivity contribution in [2.24, 2.45) is 11.7 Å². The average molecular weight is 395 g/mol. The maximum Gasteiger partial charge on any atom is 0.369 e. The smallest absolute Gasteiger partial charge is 0.369 e. The van der Waals surface area contributed by atoms with E-state index in [-0.39, 0.29) is 12.5 Å². The number of nitrogens with two attached hydrogens (primary N) is 1. The van der Waals surface area contributed by atoms with Gasteiger partial charge in [0.15, 0.2) is 0 Å². The summed E-state index contributed by atoms with van der Waals surface area (Å²) in [4.78, 5) is 25.1. The Hall–Kier alpha value is -1.96. The summed E-state index contributed by atoms with van der Waals surface area (Å²) in [5.41, 5.74) is 6.72. The molecule has 0 aromatic heterocycles. The molecule has 28 heavy (non-hydrogen) atoms. The first-order chi connectivity index (χ1) is 13.2. The number of hydrogen-bond donors (Lipinski definition) is 3. The maximum atomic E-state index is 12.6. The Balaban J connectivity index is 2.89. The Morgan fingerprint density at radius 3 is 2.43 bits per heavy atom. The highest BCUT2D eigenvalue weighted by atomic mass is 16.7. The lowest BCUT2D eigenvalue weighted by Gasteiger charge is -2.33. The molecule has 3 atom stereocenters. The molecule has 0 aliphatic rings. The monoisotopic (exact) mass is 394 g/mol. The Morgan fingerprint density at radius 2 is 1.89 bits per heavy atom. The zero-order valence-electron chi connectivity index (χ0n) is 17.3. The largest absolute Gasteiger partial charge is 0.457 e. The van der Waals surface area contributed by atoms with Crippen LogP contribution in [-0.2, 0) is 25.7 Å². The van der Waals surface area contributed by atoms with Crippen molar-refractivity contribution in [3.05, 3.63) is 35.9 Å². The average Bonchev–Trinajstić information content (AvgIpc) is 2.68. The SMILES string of the molecule is CCCC[C@H](NC(=O)[C@@H](N)CC(C)C)C(O)(OC)C(=O)OCc1ccccc1. The van der Waals surface area contributed by atoms with Gasteiger partial charge in [0.2, 0.25) is 5.91 Å². The zero-order chi connectivity index (χ0) is 21.2. The van der Waals surface area contributed by atoms with Crippen molar-refractivity contribution in [1.82, 2.24) is 5.32 Å². The number of carbonyl (C=O) groups excluding carboxylic acids is 2. The third-order valence-corrected chi connectivity index (χ3v) is 4.51. The molecule has 1 amide bonds. The molecule has 4 N–H and O–H groups in total. The number of nitrogens with one attached hydrogen (secondary N) is 1.